The quantitative estimate of drug-likeness (QED) is 0.384. The highest BCUT2D eigenvalue weighted by molar-refractivity contribution is 8.13. The Morgan fingerprint density at radius 1 is 1.07 bits per heavy atom. The van der Waals surface area contributed by atoms with Gasteiger partial charge in [-0.05, 0) is 30.5 Å². The zero-order valence-electron chi connectivity index (χ0n) is 15.1. The average Bonchev–Trinajstić information content (AvgIpc) is 2.74. The van der Waals surface area contributed by atoms with E-state index in [9.17, 15) is 4.79 Å². The molecule has 0 unspecified atom stereocenters. The molecule has 1 heterocycles. The number of nitriles is 1. The number of carbonyl (C=O) groups excluding carboxylic acids is 1. The number of amidine groups is 1. The minimum Gasteiger partial charge on any atom is -0.368 e. The molecule has 1 fully saturated rings. The van der Waals surface area contributed by atoms with Crippen molar-refractivity contribution in [2.45, 2.75) is 0 Å². The smallest absolute Gasteiger partial charge is 0.256 e. The molecule has 1 N–H and O–H groups in total. The van der Waals surface area contributed by atoms with Gasteiger partial charge in [0.25, 0.3) is 5.91 Å². The number of benzene rings is 2. The van der Waals surface area contributed by atoms with E-state index in [1.54, 1.807) is 12.1 Å². The van der Waals surface area contributed by atoms with Crippen molar-refractivity contribution in [2.24, 2.45) is 4.99 Å². The molecular weight excluding hydrogens is 358 g/mol. The molecule has 0 aromatic heterocycles. The van der Waals surface area contributed by atoms with Crippen LogP contribution in [0.2, 0.25) is 0 Å². The number of nitrogens with one attached hydrogen (secondary N) is 1. The van der Waals surface area contributed by atoms with Gasteiger partial charge in [0.05, 0.1) is 11.3 Å². The number of nitrogens with zero attached hydrogens (tertiary/aromatic N) is 4. The Hall–Kier alpha value is -2.98. The van der Waals surface area contributed by atoms with Crippen LogP contribution in [0.1, 0.15) is 10.4 Å². The minimum atomic E-state index is -0.0283. The number of para-hydroxylation sites is 2. The predicted molar refractivity (Wildman–Crippen MR) is 110 cm³/mol. The average molecular weight is 379 g/mol. The first-order valence-electron chi connectivity index (χ1n) is 8.69. The Morgan fingerprint density at radius 3 is 2.41 bits per heavy atom. The van der Waals surface area contributed by atoms with Gasteiger partial charge in [-0.25, -0.2) is 4.99 Å². The van der Waals surface area contributed by atoms with Crippen LogP contribution in [0, 0.1) is 11.5 Å². The fourth-order valence-electron chi connectivity index (χ4n) is 3.01. The third kappa shape index (κ3) is 4.60. The van der Waals surface area contributed by atoms with Crippen molar-refractivity contribution in [1.29, 1.82) is 5.26 Å². The summed E-state index contributed by atoms with van der Waals surface area (Å²) >= 11 is 1.33. The van der Waals surface area contributed by atoms with Crippen molar-refractivity contribution in [3.8, 4) is 6.19 Å². The van der Waals surface area contributed by atoms with Crippen LogP contribution in [-0.4, -0.2) is 48.4 Å². The van der Waals surface area contributed by atoms with E-state index in [1.807, 2.05) is 47.7 Å². The number of piperazine rings is 1. The van der Waals surface area contributed by atoms with Crippen LogP contribution in [0.5, 0.6) is 0 Å². The molecule has 0 spiro atoms. The van der Waals surface area contributed by atoms with Crippen molar-refractivity contribution < 1.29 is 4.79 Å². The van der Waals surface area contributed by atoms with Gasteiger partial charge < -0.3 is 9.80 Å². The zero-order valence-corrected chi connectivity index (χ0v) is 15.9. The highest BCUT2D eigenvalue weighted by Crippen LogP contribution is 2.23. The standard InChI is InChI=1S/C20H21N5OS/c1-27-20(22-15-21)23-18-10-6-5-9-17(18)19(26)25-13-11-24(12-14-25)16-7-3-2-4-8-16/h2-10H,11-14H2,1H3,(H,22,23). The van der Waals surface area contributed by atoms with E-state index in [0.717, 1.165) is 13.1 Å². The van der Waals surface area contributed by atoms with E-state index in [-0.39, 0.29) is 5.91 Å². The molecule has 2 aromatic carbocycles. The molecule has 138 valence electrons. The Labute approximate surface area is 163 Å². The third-order valence-electron chi connectivity index (χ3n) is 4.40. The first-order chi connectivity index (χ1) is 13.2. The first kappa shape index (κ1) is 18.8. The Bertz CT molecular complexity index is 854. The fraction of sp³-hybridized carbons (Fsp3) is 0.250. The van der Waals surface area contributed by atoms with Gasteiger partial charge >= 0.3 is 0 Å². The van der Waals surface area contributed by atoms with Crippen molar-refractivity contribution in [3.63, 3.8) is 0 Å². The summed E-state index contributed by atoms with van der Waals surface area (Å²) in [6, 6.07) is 17.5. The summed E-state index contributed by atoms with van der Waals surface area (Å²) in [6.45, 7) is 2.93. The van der Waals surface area contributed by atoms with Gasteiger partial charge in [-0.3, -0.25) is 10.1 Å². The molecule has 1 aliphatic heterocycles. The number of hydrogen-bond acceptors (Lipinski definition) is 5. The molecular formula is C20H21N5OS. The van der Waals surface area contributed by atoms with E-state index < -0.39 is 0 Å². The molecule has 7 heteroatoms. The molecule has 1 saturated heterocycles. The molecule has 27 heavy (non-hydrogen) atoms. The maximum Gasteiger partial charge on any atom is 0.256 e. The van der Waals surface area contributed by atoms with Gasteiger partial charge in [0.2, 0.25) is 0 Å². The fourth-order valence-corrected chi connectivity index (χ4v) is 3.35. The first-order valence-corrected chi connectivity index (χ1v) is 9.91. The minimum absolute atomic E-state index is 0.0283. The van der Waals surface area contributed by atoms with Crippen molar-refractivity contribution in [2.75, 3.05) is 37.3 Å². The van der Waals surface area contributed by atoms with Crippen LogP contribution >= 0.6 is 11.8 Å². The van der Waals surface area contributed by atoms with E-state index in [4.69, 9.17) is 5.26 Å². The number of carbonyl (C=O) groups is 1. The molecule has 3 rings (SSSR count). The number of aliphatic imine (C=N–C) groups is 1. The molecule has 6 nitrogen and oxygen atoms in total. The number of rotatable bonds is 3. The van der Waals surface area contributed by atoms with Crippen LogP contribution < -0.4 is 10.2 Å². The van der Waals surface area contributed by atoms with Crippen molar-refractivity contribution in [3.05, 3.63) is 60.2 Å². The normalized spacial score (nSPS) is 14.6. The van der Waals surface area contributed by atoms with Gasteiger partial charge in [0.15, 0.2) is 11.4 Å². The number of anilines is 1. The second-order valence-electron chi connectivity index (χ2n) is 5.99. The van der Waals surface area contributed by atoms with Gasteiger partial charge in [-0.2, -0.15) is 5.26 Å². The Morgan fingerprint density at radius 2 is 1.74 bits per heavy atom. The summed E-state index contributed by atoms with van der Waals surface area (Å²) in [5, 5.41) is 11.8. The lowest BCUT2D eigenvalue weighted by molar-refractivity contribution is 0.0747. The summed E-state index contributed by atoms with van der Waals surface area (Å²) in [5.41, 5.74) is 2.30. The lowest BCUT2D eigenvalue weighted by Crippen LogP contribution is -2.48. The monoisotopic (exact) mass is 379 g/mol. The summed E-state index contributed by atoms with van der Waals surface area (Å²) in [6.07, 6.45) is 3.70. The van der Waals surface area contributed by atoms with Gasteiger partial charge in [-0.15, -0.1) is 0 Å². The summed E-state index contributed by atoms with van der Waals surface area (Å²) in [5.74, 6) is -0.0283. The molecule has 0 bridgehead atoms. The Balaban J connectivity index is 1.73. The van der Waals surface area contributed by atoms with E-state index in [1.165, 1.54) is 17.4 Å². The van der Waals surface area contributed by atoms with Crippen LogP contribution in [0.4, 0.5) is 11.4 Å². The molecule has 0 aliphatic carbocycles. The summed E-state index contributed by atoms with van der Waals surface area (Å²) in [4.78, 5) is 21.6. The third-order valence-corrected chi connectivity index (χ3v) is 4.98. The van der Waals surface area contributed by atoms with Crippen LogP contribution in [0.15, 0.2) is 59.6 Å². The SMILES string of the molecule is CSC(=Nc1ccccc1C(=O)N1CCN(c2ccccc2)CC1)NC#N. The van der Waals surface area contributed by atoms with Gasteiger partial charge in [-0.1, -0.05) is 42.1 Å². The molecule has 0 saturated carbocycles. The molecule has 1 aliphatic rings. The molecule has 2 aromatic rings. The number of thioether (sulfide) groups is 1. The number of hydrogen-bond donors (Lipinski definition) is 1. The summed E-state index contributed by atoms with van der Waals surface area (Å²) < 4.78 is 0. The maximum absolute atomic E-state index is 13.0. The van der Waals surface area contributed by atoms with E-state index >= 15 is 0 Å². The lowest BCUT2D eigenvalue weighted by atomic mass is 10.1. The lowest BCUT2D eigenvalue weighted by Gasteiger charge is -2.36. The number of amides is 1. The topological polar surface area (TPSA) is 71.7 Å². The van der Waals surface area contributed by atoms with Crippen LogP contribution in [0.3, 0.4) is 0 Å². The second-order valence-corrected chi connectivity index (χ2v) is 6.78. The molecule has 0 radical (unpaired) electrons. The summed E-state index contributed by atoms with van der Waals surface area (Å²) in [7, 11) is 0. The predicted octanol–water partition coefficient (Wildman–Crippen LogP) is 3.07. The van der Waals surface area contributed by atoms with E-state index in [0.29, 0.717) is 29.5 Å². The molecule has 0 atom stereocenters. The van der Waals surface area contributed by atoms with Crippen molar-refractivity contribution in [1.82, 2.24) is 10.2 Å². The second kappa shape index (κ2) is 9.10. The maximum atomic E-state index is 13.0. The van der Waals surface area contributed by atoms with Crippen LogP contribution in [-0.2, 0) is 0 Å². The highest BCUT2D eigenvalue weighted by atomic mass is 32.2. The molecule has 1 amide bonds. The highest BCUT2D eigenvalue weighted by Gasteiger charge is 2.24. The van der Waals surface area contributed by atoms with Crippen molar-refractivity contribution >= 4 is 34.2 Å². The van der Waals surface area contributed by atoms with Gasteiger partial charge in [0.1, 0.15) is 0 Å². The van der Waals surface area contributed by atoms with E-state index in [2.05, 4.69) is 27.3 Å². The zero-order chi connectivity index (χ0) is 19.1. The van der Waals surface area contributed by atoms with Gasteiger partial charge in [0, 0.05) is 31.9 Å². The largest absolute Gasteiger partial charge is 0.368 e. The van der Waals surface area contributed by atoms with Crippen LogP contribution in [0.25, 0.3) is 0 Å². The Kier molecular flexibility index (Phi) is 6.34.